The van der Waals surface area contributed by atoms with Gasteiger partial charge in [0.15, 0.2) is 0 Å². The lowest BCUT2D eigenvalue weighted by Crippen LogP contribution is -2.41. The molecule has 1 unspecified atom stereocenters. The van der Waals surface area contributed by atoms with Gasteiger partial charge in [-0.2, -0.15) is 0 Å². The maximum Gasteiger partial charge on any atom is 0.328 e. The van der Waals surface area contributed by atoms with Crippen LogP contribution in [0.15, 0.2) is 30.3 Å². The van der Waals surface area contributed by atoms with Crippen molar-refractivity contribution >= 4 is 23.6 Å². The van der Waals surface area contributed by atoms with Crippen LogP contribution in [0.4, 0.5) is 5.69 Å². The summed E-state index contributed by atoms with van der Waals surface area (Å²) in [6.45, 7) is 0.863. The predicted molar refractivity (Wildman–Crippen MR) is 77.5 cm³/mol. The molecule has 0 spiro atoms. The second-order valence-corrected chi connectivity index (χ2v) is 4.73. The van der Waals surface area contributed by atoms with E-state index in [1.807, 2.05) is 24.3 Å². The van der Waals surface area contributed by atoms with Crippen molar-refractivity contribution in [1.82, 2.24) is 5.32 Å². The molecule has 2 rings (SSSR count). The first kappa shape index (κ1) is 14.1. The standard InChI is InChI=1S/C15H18N2O3/c1-16-15(20)13-3-2-10-17(13)12-7-4-11(5-8-12)6-9-14(18)19/h4-9,13H,2-3,10H2,1H3,(H,16,20)(H,18,19). The van der Waals surface area contributed by atoms with E-state index in [1.54, 1.807) is 13.1 Å². The predicted octanol–water partition coefficient (Wildman–Crippen LogP) is 1.50. The number of hydrogen-bond acceptors (Lipinski definition) is 3. The third kappa shape index (κ3) is 3.17. The third-order valence-electron chi connectivity index (χ3n) is 3.44. The Balaban J connectivity index is 2.13. The summed E-state index contributed by atoms with van der Waals surface area (Å²) in [6.07, 6.45) is 4.52. The van der Waals surface area contributed by atoms with Gasteiger partial charge in [-0.05, 0) is 36.6 Å². The van der Waals surface area contributed by atoms with E-state index in [0.717, 1.165) is 36.7 Å². The van der Waals surface area contributed by atoms with E-state index in [1.165, 1.54) is 0 Å². The Bertz CT molecular complexity index is 522. The van der Waals surface area contributed by atoms with Gasteiger partial charge in [0.2, 0.25) is 5.91 Å². The van der Waals surface area contributed by atoms with Crippen LogP contribution in [-0.2, 0) is 9.59 Å². The molecule has 1 saturated heterocycles. The average molecular weight is 274 g/mol. The number of likely N-dealkylation sites (N-methyl/N-ethyl adjacent to an activating group) is 1. The second kappa shape index (κ2) is 6.23. The maximum absolute atomic E-state index is 11.8. The summed E-state index contributed by atoms with van der Waals surface area (Å²) in [4.78, 5) is 24.4. The number of carbonyl (C=O) groups is 2. The van der Waals surface area contributed by atoms with Crippen LogP contribution in [0.1, 0.15) is 18.4 Å². The first-order valence-electron chi connectivity index (χ1n) is 6.61. The molecule has 0 aliphatic carbocycles. The molecule has 1 aliphatic rings. The van der Waals surface area contributed by atoms with Crippen molar-refractivity contribution < 1.29 is 14.7 Å². The van der Waals surface area contributed by atoms with Crippen molar-refractivity contribution in [3.63, 3.8) is 0 Å². The summed E-state index contributed by atoms with van der Waals surface area (Å²) < 4.78 is 0. The van der Waals surface area contributed by atoms with Gasteiger partial charge in [-0.1, -0.05) is 12.1 Å². The largest absolute Gasteiger partial charge is 0.478 e. The number of nitrogens with zero attached hydrogens (tertiary/aromatic N) is 1. The van der Waals surface area contributed by atoms with Crippen LogP contribution in [0.3, 0.4) is 0 Å². The highest BCUT2D eigenvalue weighted by Crippen LogP contribution is 2.26. The van der Waals surface area contributed by atoms with Crippen LogP contribution in [0.2, 0.25) is 0 Å². The molecule has 0 saturated carbocycles. The van der Waals surface area contributed by atoms with Gasteiger partial charge in [0.25, 0.3) is 0 Å². The Morgan fingerprint density at radius 3 is 2.65 bits per heavy atom. The monoisotopic (exact) mass is 274 g/mol. The average Bonchev–Trinajstić information content (AvgIpc) is 2.94. The molecule has 1 aromatic rings. The molecule has 5 heteroatoms. The van der Waals surface area contributed by atoms with E-state index >= 15 is 0 Å². The van der Waals surface area contributed by atoms with Gasteiger partial charge in [-0.15, -0.1) is 0 Å². The first-order chi connectivity index (χ1) is 9.61. The molecule has 0 radical (unpaired) electrons. The van der Waals surface area contributed by atoms with E-state index in [4.69, 9.17) is 5.11 Å². The topological polar surface area (TPSA) is 69.6 Å². The Morgan fingerprint density at radius 2 is 2.05 bits per heavy atom. The molecule has 1 atom stereocenters. The van der Waals surface area contributed by atoms with Crippen molar-refractivity contribution in [2.24, 2.45) is 0 Å². The number of rotatable bonds is 4. The highest BCUT2D eigenvalue weighted by atomic mass is 16.4. The highest BCUT2D eigenvalue weighted by molar-refractivity contribution is 5.86. The molecule has 1 heterocycles. The van der Waals surface area contributed by atoms with Crippen LogP contribution in [0, 0.1) is 0 Å². The molecule has 106 valence electrons. The molecule has 20 heavy (non-hydrogen) atoms. The zero-order valence-electron chi connectivity index (χ0n) is 11.4. The molecule has 2 N–H and O–H groups in total. The normalized spacial score (nSPS) is 18.4. The Hall–Kier alpha value is -2.30. The lowest BCUT2D eigenvalue weighted by Gasteiger charge is -2.25. The van der Waals surface area contributed by atoms with Crippen molar-refractivity contribution in [2.45, 2.75) is 18.9 Å². The summed E-state index contributed by atoms with van der Waals surface area (Å²) in [5.74, 6) is -0.925. The summed E-state index contributed by atoms with van der Waals surface area (Å²) in [5.41, 5.74) is 1.82. The van der Waals surface area contributed by atoms with E-state index in [9.17, 15) is 9.59 Å². The first-order valence-corrected chi connectivity index (χ1v) is 6.61. The Morgan fingerprint density at radius 1 is 1.35 bits per heavy atom. The van der Waals surface area contributed by atoms with E-state index in [0.29, 0.717) is 0 Å². The number of amides is 1. The minimum Gasteiger partial charge on any atom is -0.478 e. The maximum atomic E-state index is 11.8. The molecule has 1 aromatic carbocycles. The van der Waals surface area contributed by atoms with Crippen molar-refractivity contribution in [2.75, 3.05) is 18.5 Å². The van der Waals surface area contributed by atoms with Gasteiger partial charge in [0.1, 0.15) is 6.04 Å². The van der Waals surface area contributed by atoms with Gasteiger partial charge < -0.3 is 15.3 Å². The molecule has 0 aromatic heterocycles. The quantitative estimate of drug-likeness (QED) is 0.816. The number of carboxylic acids is 1. The highest BCUT2D eigenvalue weighted by Gasteiger charge is 2.29. The number of aliphatic carboxylic acids is 1. The summed E-state index contributed by atoms with van der Waals surface area (Å²) >= 11 is 0. The SMILES string of the molecule is CNC(=O)C1CCCN1c1ccc(C=CC(=O)O)cc1. The second-order valence-electron chi connectivity index (χ2n) is 4.73. The molecule has 1 fully saturated rings. The Kier molecular flexibility index (Phi) is 4.40. The van der Waals surface area contributed by atoms with Gasteiger partial charge in [-0.25, -0.2) is 4.79 Å². The molecule has 1 aliphatic heterocycles. The molecule has 5 nitrogen and oxygen atoms in total. The fourth-order valence-corrected chi connectivity index (χ4v) is 2.46. The van der Waals surface area contributed by atoms with E-state index < -0.39 is 5.97 Å². The minimum absolute atomic E-state index is 0.0392. The van der Waals surface area contributed by atoms with Crippen molar-refractivity contribution in [3.05, 3.63) is 35.9 Å². The van der Waals surface area contributed by atoms with Gasteiger partial charge in [0.05, 0.1) is 0 Å². The number of hydrogen-bond donors (Lipinski definition) is 2. The summed E-state index contributed by atoms with van der Waals surface area (Å²) in [5, 5.41) is 11.3. The summed E-state index contributed by atoms with van der Waals surface area (Å²) in [7, 11) is 1.65. The number of nitrogens with one attached hydrogen (secondary N) is 1. The van der Waals surface area contributed by atoms with Gasteiger partial charge in [0, 0.05) is 25.4 Å². The number of carboxylic acid groups (broad SMARTS) is 1. The number of anilines is 1. The van der Waals surface area contributed by atoms with Gasteiger partial charge >= 0.3 is 5.97 Å². The van der Waals surface area contributed by atoms with Crippen molar-refractivity contribution in [1.29, 1.82) is 0 Å². The fourth-order valence-electron chi connectivity index (χ4n) is 2.46. The summed E-state index contributed by atoms with van der Waals surface area (Å²) in [6, 6.07) is 7.44. The van der Waals surface area contributed by atoms with Crippen LogP contribution >= 0.6 is 0 Å². The van der Waals surface area contributed by atoms with Crippen molar-refractivity contribution in [3.8, 4) is 0 Å². The molecule has 0 bridgehead atoms. The smallest absolute Gasteiger partial charge is 0.328 e. The fraction of sp³-hybridized carbons (Fsp3) is 0.333. The molecular formula is C15H18N2O3. The lowest BCUT2D eigenvalue weighted by molar-refractivity contribution is -0.131. The number of benzene rings is 1. The zero-order valence-corrected chi connectivity index (χ0v) is 11.4. The van der Waals surface area contributed by atoms with Gasteiger partial charge in [-0.3, -0.25) is 4.79 Å². The molecular weight excluding hydrogens is 256 g/mol. The minimum atomic E-state index is -0.965. The van der Waals surface area contributed by atoms with E-state index in [-0.39, 0.29) is 11.9 Å². The van der Waals surface area contributed by atoms with Crippen LogP contribution < -0.4 is 10.2 Å². The Labute approximate surface area is 117 Å². The van der Waals surface area contributed by atoms with Crippen LogP contribution in [-0.4, -0.2) is 36.6 Å². The molecule has 1 amide bonds. The third-order valence-corrected chi connectivity index (χ3v) is 3.44. The van der Waals surface area contributed by atoms with E-state index in [2.05, 4.69) is 10.2 Å². The number of carbonyl (C=O) groups excluding carboxylic acids is 1. The van der Waals surface area contributed by atoms with Crippen LogP contribution in [0.25, 0.3) is 6.08 Å². The van der Waals surface area contributed by atoms with Crippen LogP contribution in [0.5, 0.6) is 0 Å². The zero-order chi connectivity index (χ0) is 14.5. The lowest BCUT2D eigenvalue weighted by atomic mass is 10.1.